The van der Waals surface area contributed by atoms with Crippen molar-refractivity contribution in [2.24, 2.45) is 5.92 Å². The molecule has 0 N–H and O–H groups in total. The first-order chi connectivity index (χ1) is 7.23. The summed E-state index contributed by atoms with van der Waals surface area (Å²) >= 11 is 0. The third-order valence-corrected chi connectivity index (χ3v) is 3.48. The molecule has 1 rings (SSSR count). The van der Waals surface area contributed by atoms with Crippen molar-refractivity contribution in [3.05, 3.63) is 0 Å². The number of rotatable bonds is 1. The molecule has 1 fully saturated rings. The van der Waals surface area contributed by atoms with Gasteiger partial charge in [0, 0.05) is 38.1 Å². The Balaban J connectivity index is 2.92. The monoisotopic (exact) mass is 226 g/mol. The molecule has 1 heterocycles. The molecule has 3 nitrogen and oxygen atoms in total. The van der Waals surface area contributed by atoms with Gasteiger partial charge in [0.25, 0.3) is 0 Å². The molecule has 0 radical (unpaired) electrons. The number of nitrogens with zero attached hydrogens (tertiary/aromatic N) is 2. The average molecular weight is 226 g/mol. The lowest BCUT2D eigenvalue weighted by Gasteiger charge is -2.42. The van der Waals surface area contributed by atoms with Crippen molar-refractivity contribution in [1.29, 1.82) is 0 Å². The molecule has 0 aliphatic carbocycles. The molecule has 1 atom stereocenters. The zero-order valence-corrected chi connectivity index (χ0v) is 11.6. The quantitative estimate of drug-likeness (QED) is 0.682. The fourth-order valence-corrected chi connectivity index (χ4v) is 2.46. The van der Waals surface area contributed by atoms with Crippen molar-refractivity contribution in [3.63, 3.8) is 0 Å². The summed E-state index contributed by atoms with van der Waals surface area (Å²) in [6.07, 6.45) is 0.650. The van der Waals surface area contributed by atoms with Gasteiger partial charge in [0.2, 0.25) is 5.91 Å². The second kappa shape index (κ2) is 4.74. The first kappa shape index (κ1) is 13.5. The largest absolute Gasteiger partial charge is 0.344 e. The number of amides is 1. The van der Waals surface area contributed by atoms with Crippen LogP contribution in [0.3, 0.4) is 0 Å². The highest BCUT2D eigenvalue weighted by molar-refractivity contribution is 5.76. The van der Waals surface area contributed by atoms with E-state index in [2.05, 4.69) is 39.5 Å². The number of likely N-dealkylation sites (N-methyl/N-ethyl adjacent to an activating group) is 1. The van der Waals surface area contributed by atoms with E-state index in [1.807, 2.05) is 11.9 Å². The molecular formula is C13H26N2O. The Hall–Kier alpha value is -0.570. The zero-order valence-electron chi connectivity index (χ0n) is 11.6. The Labute approximate surface area is 99.8 Å². The van der Waals surface area contributed by atoms with Gasteiger partial charge in [-0.15, -0.1) is 0 Å². The summed E-state index contributed by atoms with van der Waals surface area (Å²) in [7, 11) is 1.92. The molecule has 0 bridgehead atoms. The van der Waals surface area contributed by atoms with Crippen molar-refractivity contribution >= 4 is 5.91 Å². The third kappa shape index (κ3) is 2.97. The van der Waals surface area contributed by atoms with E-state index in [1.165, 1.54) is 0 Å². The van der Waals surface area contributed by atoms with Crippen LogP contribution in [0.5, 0.6) is 0 Å². The molecule has 94 valence electrons. The summed E-state index contributed by atoms with van der Waals surface area (Å²) in [5.74, 6) is 0.852. The van der Waals surface area contributed by atoms with Crippen LogP contribution in [0.4, 0.5) is 0 Å². The van der Waals surface area contributed by atoms with Crippen molar-refractivity contribution in [2.75, 3.05) is 20.1 Å². The molecule has 3 heteroatoms. The Bertz CT molecular complexity index is 255. The van der Waals surface area contributed by atoms with Gasteiger partial charge >= 0.3 is 0 Å². The summed E-state index contributed by atoms with van der Waals surface area (Å²) < 4.78 is 0. The van der Waals surface area contributed by atoms with Crippen LogP contribution >= 0.6 is 0 Å². The number of carbonyl (C=O) groups excluding carboxylic acids is 1. The van der Waals surface area contributed by atoms with Gasteiger partial charge in [-0.2, -0.15) is 0 Å². The Morgan fingerprint density at radius 2 is 1.88 bits per heavy atom. The fourth-order valence-electron chi connectivity index (χ4n) is 2.46. The van der Waals surface area contributed by atoms with E-state index in [4.69, 9.17) is 0 Å². The predicted octanol–water partition coefficient (Wildman–Crippen LogP) is 1.97. The van der Waals surface area contributed by atoms with Crippen LogP contribution in [0.1, 0.15) is 41.0 Å². The van der Waals surface area contributed by atoms with E-state index >= 15 is 0 Å². The fraction of sp³-hybridized carbons (Fsp3) is 0.923. The molecule has 0 aromatic carbocycles. The summed E-state index contributed by atoms with van der Waals surface area (Å²) in [6.45, 7) is 12.9. The molecule has 1 aliphatic heterocycles. The number of hydrogen-bond donors (Lipinski definition) is 0. The van der Waals surface area contributed by atoms with E-state index in [1.54, 1.807) is 0 Å². The van der Waals surface area contributed by atoms with Gasteiger partial charge in [-0.25, -0.2) is 0 Å². The maximum absolute atomic E-state index is 11.8. The predicted molar refractivity (Wildman–Crippen MR) is 67.3 cm³/mol. The lowest BCUT2D eigenvalue weighted by Crippen LogP contribution is -2.52. The van der Waals surface area contributed by atoms with E-state index in [0.717, 1.165) is 13.1 Å². The Morgan fingerprint density at radius 1 is 1.31 bits per heavy atom. The normalized spacial score (nSPS) is 25.1. The van der Waals surface area contributed by atoms with Gasteiger partial charge < -0.3 is 4.90 Å². The highest BCUT2D eigenvalue weighted by Crippen LogP contribution is 2.25. The molecule has 16 heavy (non-hydrogen) atoms. The minimum atomic E-state index is 0.139. The van der Waals surface area contributed by atoms with Crippen LogP contribution in [-0.4, -0.2) is 47.4 Å². The van der Waals surface area contributed by atoms with Gasteiger partial charge in [-0.3, -0.25) is 9.69 Å². The first-order valence-electron chi connectivity index (χ1n) is 6.24. The van der Waals surface area contributed by atoms with Crippen LogP contribution in [0.2, 0.25) is 0 Å². The molecular weight excluding hydrogens is 200 g/mol. The summed E-state index contributed by atoms with van der Waals surface area (Å²) in [5.41, 5.74) is 0.139. The van der Waals surface area contributed by atoms with Gasteiger partial charge in [-0.1, -0.05) is 13.8 Å². The second-order valence-electron chi connectivity index (χ2n) is 6.20. The smallest absolute Gasteiger partial charge is 0.223 e. The lowest BCUT2D eigenvalue weighted by molar-refractivity contribution is -0.129. The summed E-state index contributed by atoms with van der Waals surface area (Å²) in [6, 6.07) is 0.469. The van der Waals surface area contributed by atoms with Crippen LogP contribution in [0, 0.1) is 5.92 Å². The number of carbonyl (C=O) groups is 1. The molecule has 1 aliphatic rings. The Kier molecular flexibility index (Phi) is 4.00. The molecule has 1 saturated heterocycles. The van der Waals surface area contributed by atoms with Crippen LogP contribution in [-0.2, 0) is 4.79 Å². The van der Waals surface area contributed by atoms with Crippen LogP contribution < -0.4 is 0 Å². The standard InChI is InChI=1S/C13H26N2O/c1-10(2)11-9-14(6)12(16)7-8-15(11)13(3,4)5/h10-11H,7-9H2,1-6H3. The summed E-state index contributed by atoms with van der Waals surface area (Å²) in [4.78, 5) is 16.1. The molecule has 0 aromatic rings. The second-order valence-corrected chi connectivity index (χ2v) is 6.20. The number of hydrogen-bond acceptors (Lipinski definition) is 2. The van der Waals surface area contributed by atoms with Gasteiger partial charge in [0.05, 0.1) is 0 Å². The van der Waals surface area contributed by atoms with Crippen molar-refractivity contribution < 1.29 is 4.79 Å². The minimum Gasteiger partial charge on any atom is -0.344 e. The van der Waals surface area contributed by atoms with Gasteiger partial charge in [0.1, 0.15) is 0 Å². The third-order valence-electron chi connectivity index (χ3n) is 3.48. The molecule has 0 saturated carbocycles. The zero-order chi connectivity index (χ0) is 12.5. The Morgan fingerprint density at radius 3 is 2.31 bits per heavy atom. The van der Waals surface area contributed by atoms with E-state index in [9.17, 15) is 4.79 Å². The van der Waals surface area contributed by atoms with Gasteiger partial charge in [-0.05, 0) is 26.7 Å². The first-order valence-corrected chi connectivity index (χ1v) is 6.24. The topological polar surface area (TPSA) is 23.6 Å². The maximum atomic E-state index is 11.8. The van der Waals surface area contributed by atoms with Crippen LogP contribution in [0.25, 0.3) is 0 Å². The van der Waals surface area contributed by atoms with Crippen molar-refractivity contribution in [1.82, 2.24) is 9.80 Å². The van der Waals surface area contributed by atoms with Gasteiger partial charge in [0.15, 0.2) is 0 Å². The SMILES string of the molecule is CC(C)C1CN(C)C(=O)CCN1C(C)(C)C. The van der Waals surface area contributed by atoms with E-state index in [0.29, 0.717) is 18.4 Å². The lowest BCUT2D eigenvalue weighted by atomic mass is 9.96. The summed E-state index contributed by atoms with van der Waals surface area (Å²) in [5, 5.41) is 0. The van der Waals surface area contributed by atoms with E-state index in [-0.39, 0.29) is 11.4 Å². The van der Waals surface area contributed by atoms with E-state index < -0.39 is 0 Å². The highest BCUT2D eigenvalue weighted by atomic mass is 16.2. The minimum absolute atomic E-state index is 0.139. The molecule has 1 unspecified atom stereocenters. The molecule has 1 amide bonds. The molecule has 0 aromatic heterocycles. The van der Waals surface area contributed by atoms with Crippen molar-refractivity contribution in [3.8, 4) is 0 Å². The van der Waals surface area contributed by atoms with Crippen molar-refractivity contribution in [2.45, 2.75) is 52.6 Å². The average Bonchev–Trinajstić information content (AvgIpc) is 2.26. The maximum Gasteiger partial charge on any atom is 0.223 e. The van der Waals surface area contributed by atoms with Crippen LogP contribution in [0.15, 0.2) is 0 Å². The highest BCUT2D eigenvalue weighted by Gasteiger charge is 2.34. The molecule has 0 spiro atoms.